The molecule has 0 aliphatic carbocycles. The number of hydrogen-bond acceptors (Lipinski definition) is 3. The van der Waals surface area contributed by atoms with Crippen molar-refractivity contribution < 1.29 is 9.53 Å². The van der Waals surface area contributed by atoms with E-state index in [0.29, 0.717) is 19.4 Å². The minimum Gasteiger partial charge on any atom is -0.464 e. The number of carbonyl (C=O) groups is 1. The number of fused-ring (bicyclic) bond motifs is 1. The highest BCUT2D eigenvalue weighted by molar-refractivity contribution is 5.84. The number of nitrogens with one attached hydrogen (secondary N) is 1. The van der Waals surface area contributed by atoms with Gasteiger partial charge in [0.25, 0.3) is 0 Å². The number of hydrogen-bond donors (Lipinski definition) is 2. The molecule has 1 heterocycles. The summed E-state index contributed by atoms with van der Waals surface area (Å²) in [5.74, 6) is -0.355. The predicted molar refractivity (Wildman–Crippen MR) is 91.1 cm³/mol. The molecule has 4 heteroatoms. The van der Waals surface area contributed by atoms with Crippen LogP contribution in [0.15, 0.2) is 60.8 Å². The van der Waals surface area contributed by atoms with Gasteiger partial charge in [0.2, 0.25) is 0 Å². The fraction of sp³-hybridized carbons (Fsp3) is 0.211. The van der Waals surface area contributed by atoms with Crippen LogP contribution in [0.2, 0.25) is 0 Å². The second-order valence-corrected chi connectivity index (χ2v) is 5.57. The number of aromatic nitrogens is 1. The normalized spacial score (nSPS) is 12.2. The lowest BCUT2D eigenvalue weighted by Gasteiger charge is -2.11. The van der Waals surface area contributed by atoms with Crippen LogP contribution in [0.3, 0.4) is 0 Å². The molecule has 1 unspecified atom stereocenters. The minimum atomic E-state index is -0.648. The van der Waals surface area contributed by atoms with E-state index in [9.17, 15) is 4.79 Å². The largest absolute Gasteiger partial charge is 0.464 e. The van der Waals surface area contributed by atoms with Gasteiger partial charge in [0.05, 0.1) is 6.61 Å². The summed E-state index contributed by atoms with van der Waals surface area (Å²) in [4.78, 5) is 15.2. The van der Waals surface area contributed by atoms with Crippen LogP contribution in [0.25, 0.3) is 10.9 Å². The zero-order chi connectivity index (χ0) is 16.1. The molecule has 3 rings (SSSR count). The van der Waals surface area contributed by atoms with Gasteiger partial charge in [0, 0.05) is 29.9 Å². The SMILES string of the molecule is NC(Cc1c[nH]c2ccccc12)C(=O)OCCc1ccccc1. The molecule has 1 aromatic heterocycles. The molecule has 0 aliphatic rings. The van der Waals surface area contributed by atoms with Crippen LogP contribution in [-0.2, 0) is 22.4 Å². The zero-order valence-corrected chi connectivity index (χ0v) is 12.9. The molecule has 0 amide bonds. The molecule has 118 valence electrons. The Morgan fingerprint density at radius 1 is 1.09 bits per heavy atom. The summed E-state index contributed by atoms with van der Waals surface area (Å²) in [5, 5.41) is 1.10. The van der Waals surface area contributed by atoms with Crippen molar-refractivity contribution in [2.24, 2.45) is 5.73 Å². The van der Waals surface area contributed by atoms with Crippen LogP contribution >= 0.6 is 0 Å². The van der Waals surface area contributed by atoms with Gasteiger partial charge in [-0.25, -0.2) is 0 Å². The van der Waals surface area contributed by atoms with Crippen LogP contribution < -0.4 is 5.73 Å². The maximum atomic E-state index is 12.0. The number of aromatic amines is 1. The lowest BCUT2D eigenvalue weighted by Crippen LogP contribution is -2.34. The first-order chi connectivity index (χ1) is 11.2. The molecule has 4 nitrogen and oxygen atoms in total. The first kappa shape index (κ1) is 15.3. The maximum Gasteiger partial charge on any atom is 0.323 e. The van der Waals surface area contributed by atoms with Gasteiger partial charge < -0.3 is 15.5 Å². The summed E-state index contributed by atoms with van der Waals surface area (Å²) in [6.07, 6.45) is 3.07. The third-order valence-electron chi connectivity index (χ3n) is 3.90. The Labute approximate surface area is 135 Å². The maximum absolute atomic E-state index is 12.0. The van der Waals surface area contributed by atoms with Crippen LogP contribution in [0, 0.1) is 0 Å². The van der Waals surface area contributed by atoms with E-state index in [1.807, 2.05) is 60.8 Å². The van der Waals surface area contributed by atoms with Gasteiger partial charge in [-0.3, -0.25) is 4.79 Å². The molecule has 0 saturated carbocycles. The fourth-order valence-electron chi connectivity index (χ4n) is 2.64. The summed E-state index contributed by atoms with van der Waals surface area (Å²) >= 11 is 0. The molecule has 0 aliphatic heterocycles. The Bertz CT molecular complexity index is 780. The number of carbonyl (C=O) groups excluding carboxylic acids is 1. The second kappa shape index (κ2) is 7.11. The van der Waals surface area contributed by atoms with Gasteiger partial charge in [-0.2, -0.15) is 0 Å². The first-order valence-corrected chi connectivity index (χ1v) is 7.75. The van der Waals surface area contributed by atoms with Crippen LogP contribution in [-0.4, -0.2) is 23.6 Å². The average Bonchev–Trinajstić information content (AvgIpc) is 2.99. The number of rotatable bonds is 6. The van der Waals surface area contributed by atoms with Crippen molar-refractivity contribution in [1.29, 1.82) is 0 Å². The van der Waals surface area contributed by atoms with E-state index < -0.39 is 6.04 Å². The third kappa shape index (κ3) is 3.79. The van der Waals surface area contributed by atoms with Crippen molar-refractivity contribution >= 4 is 16.9 Å². The highest BCUT2D eigenvalue weighted by atomic mass is 16.5. The zero-order valence-electron chi connectivity index (χ0n) is 12.9. The number of esters is 1. The summed E-state index contributed by atoms with van der Waals surface area (Å²) in [6, 6.07) is 17.3. The third-order valence-corrected chi connectivity index (χ3v) is 3.90. The highest BCUT2D eigenvalue weighted by Gasteiger charge is 2.17. The molecule has 1 atom stereocenters. The molecule has 3 N–H and O–H groups in total. The van der Waals surface area contributed by atoms with Crippen LogP contribution in [0.4, 0.5) is 0 Å². The Hall–Kier alpha value is -2.59. The number of ether oxygens (including phenoxy) is 1. The van der Waals surface area contributed by atoms with Crippen LogP contribution in [0.1, 0.15) is 11.1 Å². The quantitative estimate of drug-likeness (QED) is 0.688. The van der Waals surface area contributed by atoms with Crippen molar-refractivity contribution in [3.63, 3.8) is 0 Å². The average molecular weight is 308 g/mol. The van der Waals surface area contributed by atoms with Crippen LogP contribution in [0.5, 0.6) is 0 Å². The lowest BCUT2D eigenvalue weighted by molar-refractivity contribution is -0.145. The van der Waals surface area contributed by atoms with E-state index >= 15 is 0 Å². The van der Waals surface area contributed by atoms with E-state index in [0.717, 1.165) is 22.0 Å². The van der Waals surface area contributed by atoms with Gasteiger partial charge in [-0.1, -0.05) is 48.5 Å². The van der Waals surface area contributed by atoms with Crippen molar-refractivity contribution in [2.45, 2.75) is 18.9 Å². The minimum absolute atomic E-state index is 0.352. The molecule has 3 aromatic rings. The van der Waals surface area contributed by atoms with E-state index in [1.54, 1.807) is 0 Å². The van der Waals surface area contributed by atoms with Crippen molar-refractivity contribution in [1.82, 2.24) is 4.98 Å². The Kier molecular flexibility index (Phi) is 4.74. The van der Waals surface area contributed by atoms with Gasteiger partial charge >= 0.3 is 5.97 Å². The van der Waals surface area contributed by atoms with Crippen molar-refractivity contribution in [3.05, 3.63) is 71.9 Å². The Morgan fingerprint density at radius 2 is 1.83 bits per heavy atom. The van der Waals surface area contributed by atoms with E-state index in [-0.39, 0.29) is 5.97 Å². The Morgan fingerprint density at radius 3 is 2.65 bits per heavy atom. The molecule has 23 heavy (non-hydrogen) atoms. The fourth-order valence-corrected chi connectivity index (χ4v) is 2.64. The summed E-state index contributed by atoms with van der Waals surface area (Å²) in [5.41, 5.74) is 9.22. The number of nitrogens with two attached hydrogens (primary N) is 1. The van der Waals surface area contributed by atoms with E-state index in [4.69, 9.17) is 10.5 Å². The monoisotopic (exact) mass is 308 g/mol. The molecular formula is C19H20N2O2. The number of H-pyrrole nitrogens is 1. The van der Waals surface area contributed by atoms with Gasteiger partial charge in [-0.15, -0.1) is 0 Å². The second-order valence-electron chi connectivity index (χ2n) is 5.57. The summed E-state index contributed by atoms with van der Waals surface area (Å²) < 4.78 is 5.29. The van der Waals surface area contributed by atoms with E-state index in [1.165, 1.54) is 0 Å². The predicted octanol–water partition coefficient (Wildman–Crippen LogP) is 2.82. The van der Waals surface area contributed by atoms with Gasteiger partial charge in [0.15, 0.2) is 0 Å². The van der Waals surface area contributed by atoms with Crippen molar-refractivity contribution in [2.75, 3.05) is 6.61 Å². The molecular weight excluding hydrogens is 288 g/mol. The summed E-state index contributed by atoms with van der Waals surface area (Å²) in [6.45, 7) is 0.352. The molecule has 0 fully saturated rings. The Balaban J connectivity index is 1.53. The van der Waals surface area contributed by atoms with Gasteiger partial charge in [-0.05, 0) is 17.2 Å². The number of benzene rings is 2. The highest BCUT2D eigenvalue weighted by Crippen LogP contribution is 2.18. The number of para-hydroxylation sites is 1. The molecule has 0 radical (unpaired) electrons. The first-order valence-electron chi connectivity index (χ1n) is 7.75. The van der Waals surface area contributed by atoms with Gasteiger partial charge in [0.1, 0.15) is 6.04 Å². The van der Waals surface area contributed by atoms with E-state index in [2.05, 4.69) is 4.98 Å². The van der Waals surface area contributed by atoms with Crippen molar-refractivity contribution in [3.8, 4) is 0 Å². The topological polar surface area (TPSA) is 68.1 Å². The molecule has 0 bridgehead atoms. The smallest absolute Gasteiger partial charge is 0.323 e. The standard InChI is InChI=1S/C19H20N2O2/c20-17(12-15-13-21-18-9-5-4-8-16(15)18)19(22)23-11-10-14-6-2-1-3-7-14/h1-9,13,17,21H,10-12,20H2. The summed E-state index contributed by atoms with van der Waals surface area (Å²) in [7, 11) is 0. The molecule has 0 spiro atoms. The molecule has 0 saturated heterocycles. The molecule has 2 aromatic carbocycles. The lowest BCUT2D eigenvalue weighted by atomic mass is 10.1.